The fourth-order valence-corrected chi connectivity index (χ4v) is 3.86. The van der Waals surface area contributed by atoms with E-state index >= 15 is 0 Å². The van der Waals surface area contributed by atoms with Gasteiger partial charge in [-0.3, -0.25) is 4.79 Å². The number of hydrogen-bond donors (Lipinski definition) is 1. The maximum atomic E-state index is 12.3. The number of sulfone groups is 1. The molecule has 1 unspecified atom stereocenters. The Hall–Kier alpha value is -1.79. The zero-order valence-corrected chi connectivity index (χ0v) is 11.9. The Morgan fingerprint density at radius 3 is 2.50 bits per heavy atom. The van der Waals surface area contributed by atoms with Crippen molar-refractivity contribution < 1.29 is 17.9 Å². The highest BCUT2D eigenvalue weighted by Gasteiger charge is 2.23. The number of halogens is 1. The molecule has 2 aromatic rings. The third-order valence-electron chi connectivity index (χ3n) is 2.81. The molecule has 0 saturated carbocycles. The monoisotopic (exact) mass is 313 g/mol. The molecule has 7 heteroatoms. The van der Waals surface area contributed by atoms with Gasteiger partial charge in [0, 0.05) is 16.5 Å². The molecule has 0 fully saturated rings. The van der Waals surface area contributed by atoms with Crippen molar-refractivity contribution in [2.75, 3.05) is 11.5 Å². The van der Waals surface area contributed by atoms with Crippen molar-refractivity contribution in [1.82, 2.24) is 0 Å². The van der Waals surface area contributed by atoms with Crippen LogP contribution in [0.15, 0.2) is 41.3 Å². The fourth-order valence-electron chi connectivity index (χ4n) is 1.93. The van der Waals surface area contributed by atoms with Gasteiger partial charge in [0.1, 0.15) is 5.75 Å². The van der Waals surface area contributed by atoms with E-state index in [9.17, 15) is 13.2 Å². The van der Waals surface area contributed by atoms with Gasteiger partial charge in [0.15, 0.2) is 15.4 Å². The van der Waals surface area contributed by atoms with Crippen LogP contribution >= 0.6 is 11.6 Å². The van der Waals surface area contributed by atoms with Crippen molar-refractivity contribution in [3.8, 4) is 0 Å². The van der Waals surface area contributed by atoms with E-state index in [0.29, 0.717) is 16.5 Å². The van der Waals surface area contributed by atoms with E-state index in [0.717, 1.165) is 0 Å². The minimum atomic E-state index is -3.70. The summed E-state index contributed by atoms with van der Waals surface area (Å²) < 4.78 is 29.1. The van der Waals surface area contributed by atoms with E-state index in [1.54, 1.807) is 24.3 Å². The molecule has 0 radical (unpaired) electrons. The molecule has 2 N–H and O–H groups in total. The van der Waals surface area contributed by atoms with Gasteiger partial charge in [-0.15, -0.1) is 0 Å². The minimum absolute atomic E-state index is 0.113. The molecular weight excluding hydrogens is 302 g/mol. The summed E-state index contributed by atoms with van der Waals surface area (Å²) in [7, 11) is -3.70. The lowest BCUT2D eigenvalue weighted by Gasteiger charge is -2.12. The molecule has 5 nitrogen and oxygen atoms in total. The van der Waals surface area contributed by atoms with Crippen molar-refractivity contribution in [2.24, 2.45) is 0 Å². The molecule has 0 saturated heterocycles. The smallest absolute Gasteiger partial charge is 0.294 e. The number of anilines is 1. The number of hydrogen-bond acceptors (Lipinski definition) is 5. The molecule has 106 valence electrons. The minimum Gasteiger partial charge on any atom is -0.447 e. The predicted octanol–water partition coefficient (Wildman–Crippen LogP) is 1.93. The number of ether oxygens (including phenoxy) is 1. The first kappa shape index (κ1) is 14.6. The lowest BCUT2D eigenvalue weighted by molar-refractivity contribution is -0.129. The van der Waals surface area contributed by atoms with Gasteiger partial charge in [0.05, 0.1) is 4.90 Å². The zero-order chi connectivity index (χ0) is 14.8. The van der Waals surface area contributed by atoms with Crippen molar-refractivity contribution in [3.63, 3.8) is 0 Å². The quantitative estimate of drug-likeness (QED) is 0.518. The molecule has 20 heavy (non-hydrogen) atoms. The van der Waals surface area contributed by atoms with E-state index < -0.39 is 21.2 Å². The maximum absolute atomic E-state index is 12.3. The Bertz CT molecular complexity index is 745. The van der Waals surface area contributed by atoms with Crippen LogP contribution in [0, 0.1) is 0 Å². The molecule has 0 aliphatic carbocycles. The van der Waals surface area contributed by atoms with E-state index in [2.05, 4.69) is 4.74 Å². The molecule has 0 aliphatic heterocycles. The van der Waals surface area contributed by atoms with Gasteiger partial charge < -0.3 is 10.5 Å². The summed E-state index contributed by atoms with van der Waals surface area (Å²) in [5, 5.41) is 1.17. The normalized spacial score (nSPS) is 13.1. The highest BCUT2D eigenvalue weighted by Crippen LogP contribution is 2.28. The van der Waals surface area contributed by atoms with E-state index in [1.807, 2.05) is 0 Å². The number of fused-ring (bicyclic) bond motifs is 1. The SMILES string of the molecule is Nc1ccc(S(=O)(=O)CC(Cl)OC=O)c2ccccc12. The van der Waals surface area contributed by atoms with Crippen LogP contribution < -0.4 is 5.73 Å². The van der Waals surface area contributed by atoms with Crippen LogP contribution in [0.25, 0.3) is 10.8 Å². The van der Waals surface area contributed by atoms with Gasteiger partial charge in [-0.2, -0.15) is 0 Å². The van der Waals surface area contributed by atoms with Gasteiger partial charge in [0.25, 0.3) is 6.47 Å². The maximum Gasteiger partial charge on any atom is 0.294 e. The van der Waals surface area contributed by atoms with Crippen molar-refractivity contribution in [3.05, 3.63) is 36.4 Å². The molecule has 1 atom stereocenters. The third-order valence-corrected chi connectivity index (χ3v) is 5.01. The van der Waals surface area contributed by atoms with Crippen molar-refractivity contribution in [1.29, 1.82) is 0 Å². The Kier molecular flexibility index (Phi) is 4.15. The largest absolute Gasteiger partial charge is 0.447 e. The summed E-state index contributed by atoms with van der Waals surface area (Å²) >= 11 is 5.64. The van der Waals surface area contributed by atoms with Crippen LogP contribution in [0.2, 0.25) is 0 Å². The Morgan fingerprint density at radius 2 is 1.85 bits per heavy atom. The van der Waals surface area contributed by atoms with Crippen LogP contribution in [-0.4, -0.2) is 26.2 Å². The molecule has 0 amide bonds. The van der Waals surface area contributed by atoms with Crippen molar-refractivity contribution >= 4 is 44.4 Å². The van der Waals surface area contributed by atoms with Gasteiger partial charge in [0.2, 0.25) is 0 Å². The number of nitrogens with two attached hydrogens (primary N) is 1. The van der Waals surface area contributed by atoms with Gasteiger partial charge in [-0.05, 0) is 12.1 Å². The van der Waals surface area contributed by atoms with Crippen LogP contribution in [0.1, 0.15) is 0 Å². The molecule has 2 aromatic carbocycles. The first-order valence-electron chi connectivity index (χ1n) is 5.69. The standard InChI is InChI=1S/C13H12ClNO4S/c14-13(19-8-16)7-20(17,18)12-6-5-11(15)9-3-1-2-4-10(9)12/h1-6,8,13H,7,15H2. The van der Waals surface area contributed by atoms with E-state index in [-0.39, 0.29) is 11.4 Å². The predicted molar refractivity (Wildman–Crippen MR) is 77.2 cm³/mol. The number of nitrogen functional groups attached to an aromatic ring is 1. The molecule has 0 aromatic heterocycles. The Balaban J connectivity index is 2.52. The molecule has 0 spiro atoms. The average molecular weight is 314 g/mol. The van der Waals surface area contributed by atoms with Gasteiger partial charge in [-0.1, -0.05) is 35.9 Å². The second-order valence-electron chi connectivity index (χ2n) is 4.12. The number of alkyl halides is 1. The van der Waals surface area contributed by atoms with E-state index in [1.165, 1.54) is 12.1 Å². The fraction of sp³-hybridized carbons (Fsp3) is 0.154. The molecule has 2 rings (SSSR count). The van der Waals surface area contributed by atoms with Gasteiger partial charge in [-0.25, -0.2) is 8.42 Å². The third kappa shape index (κ3) is 2.86. The van der Waals surface area contributed by atoms with Gasteiger partial charge >= 0.3 is 0 Å². The van der Waals surface area contributed by atoms with Crippen LogP contribution in [0.3, 0.4) is 0 Å². The van der Waals surface area contributed by atoms with Crippen LogP contribution in [0.4, 0.5) is 5.69 Å². The number of carbonyl (C=O) groups excluding carboxylic acids is 1. The van der Waals surface area contributed by atoms with Crippen LogP contribution in [0.5, 0.6) is 0 Å². The molecular formula is C13H12ClNO4S. The average Bonchev–Trinajstić information content (AvgIpc) is 2.38. The summed E-state index contributed by atoms with van der Waals surface area (Å²) in [5.41, 5.74) is 5.09. The van der Waals surface area contributed by atoms with Crippen molar-refractivity contribution in [2.45, 2.75) is 10.5 Å². The number of rotatable bonds is 5. The highest BCUT2D eigenvalue weighted by atomic mass is 35.5. The second kappa shape index (κ2) is 5.68. The lowest BCUT2D eigenvalue weighted by Crippen LogP contribution is -2.19. The topological polar surface area (TPSA) is 86.5 Å². The summed E-state index contributed by atoms with van der Waals surface area (Å²) in [5.74, 6) is -0.499. The zero-order valence-electron chi connectivity index (χ0n) is 10.3. The highest BCUT2D eigenvalue weighted by molar-refractivity contribution is 7.91. The Labute approximate surface area is 121 Å². The summed E-state index contributed by atoms with van der Waals surface area (Å²) in [6, 6.07) is 9.86. The Morgan fingerprint density at radius 1 is 1.20 bits per heavy atom. The molecule has 0 heterocycles. The first-order chi connectivity index (χ1) is 9.45. The summed E-state index contributed by atoms with van der Waals surface area (Å²) in [6.07, 6.45) is 0. The molecule has 0 aliphatic rings. The second-order valence-corrected chi connectivity index (χ2v) is 6.61. The number of carbonyl (C=O) groups is 1. The summed E-state index contributed by atoms with van der Waals surface area (Å²) in [4.78, 5) is 10.3. The summed E-state index contributed by atoms with van der Waals surface area (Å²) in [6.45, 7) is 0.119. The molecule has 0 bridgehead atoms. The number of benzene rings is 2. The van der Waals surface area contributed by atoms with E-state index in [4.69, 9.17) is 17.3 Å². The first-order valence-corrected chi connectivity index (χ1v) is 7.78. The lowest BCUT2D eigenvalue weighted by atomic mass is 10.1. The van der Waals surface area contributed by atoms with Crippen LogP contribution in [-0.2, 0) is 19.4 Å².